The molecule has 0 fully saturated rings. The average Bonchev–Trinajstić information content (AvgIpc) is 2.46. The Kier molecular flexibility index (Phi) is 7.40. The van der Waals surface area contributed by atoms with E-state index in [-0.39, 0.29) is 31.2 Å². The lowest BCUT2D eigenvalue weighted by molar-refractivity contribution is -0.138. The summed E-state index contributed by atoms with van der Waals surface area (Å²) < 4.78 is 28.4. The second kappa shape index (κ2) is 9.04. The summed E-state index contributed by atoms with van der Waals surface area (Å²) in [4.78, 5) is 25.6. The van der Waals surface area contributed by atoms with E-state index in [0.717, 1.165) is 5.56 Å². The zero-order chi connectivity index (χ0) is 17.4. The molecular formula is C15H20F2N2O4. The van der Waals surface area contributed by atoms with Crippen molar-refractivity contribution in [2.75, 3.05) is 27.2 Å². The van der Waals surface area contributed by atoms with Gasteiger partial charge in [-0.3, -0.25) is 14.5 Å². The molecule has 0 aliphatic carbocycles. The van der Waals surface area contributed by atoms with Crippen LogP contribution < -0.4 is 4.74 Å². The molecular weight excluding hydrogens is 310 g/mol. The van der Waals surface area contributed by atoms with Crippen LogP contribution in [0.15, 0.2) is 24.3 Å². The Morgan fingerprint density at radius 3 is 2.35 bits per heavy atom. The normalized spacial score (nSPS) is 10.9. The minimum absolute atomic E-state index is 0.0287. The van der Waals surface area contributed by atoms with Crippen LogP contribution in [0.3, 0.4) is 0 Å². The zero-order valence-corrected chi connectivity index (χ0v) is 13.0. The Labute approximate surface area is 133 Å². The molecule has 6 nitrogen and oxygen atoms in total. The smallest absolute Gasteiger partial charge is 0.387 e. The minimum Gasteiger partial charge on any atom is -0.481 e. The number of likely N-dealkylation sites (N-methyl/N-ethyl adjacent to an activating group) is 2. The highest BCUT2D eigenvalue weighted by atomic mass is 19.3. The maximum atomic E-state index is 12.1. The second-order valence-electron chi connectivity index (χ2n) is 5.15. The molecule has 0 atom stereocenters. The monoisotopic (exact) mass is 330 g/mol. The molecule has 8 heteroatoms. The summed E-state index contributed by atoms with van der Waals surface area (Å²) >= 11 is 0. The minimum atomic E-state index is -2.87. The van der Waals surface area contributed by atoms with E-state index in [9.17, 15) is 18.4 Å². The number of alkyl halides is 2. The summed E-state index contributed by atoms with van der Waals surface area (Å²) in [5.41, 5.74) is 0.774. The van der Waals surface area contributed by atoms with Gasteiger partial charge in [0.25, 0.3) is 0 Å². The van der Waals surface area contributed by atoms with Crippen LogP contribution in [0, 0.1) is 0 Å². The predicted molar refractivity (Wildman–Crippen MR) is 79.3 cm³/mol. The molecule has 23 heavy (non-hydrogen) atoms. The summed E-state index contributed by atoms with van der Waals surface area (Å²) in [7, 11) is 3.29. The molecule has 0 aromatic heterocycles. The van der Waals surface area contributed by atoms with Gasteiger partial charge in [0, 0.05) is 20.1 Å². The molecule has 0 spiro atoms. The van der Waals surface area contributed by atoms with Gasteiger partial charge in [0.15, 0.2) is 0 Å². The standard InChI is InChI=1S/C15H20F2N2O4/c1-18(8-7-14(21)22)10-13(20)19(2)9-11-3-5-12(6-4-11)23-15(16)17/h3-6,15H,7-10H2,1-2H3,(H,21,22). The van der Waals surface area contributed by atoms with E-state index in [1.165, 1.54) is 17.0 Å². The summed E-state index contributed by atoms with van der Waals surface area (Å²) in [6.45, 7) is -2.16. The fourth-order valence-electron chi connectivity index (χ4n) is 1.86. The summed E-state index contributed by atoms with van der Waals surface area (Å²) in [5.74, 6) is -1.01. The largest absolute Gasteiger partial charge is 0.481 e. The number of carbonyl (C=O) groups is 2. The number of carboxylic acids is 1. The van der Waals surface area contributed by atoms with Crippen LogP contribution in [0.5, 0.6) is 5.75 Å². The van der Waals surface area contributed by atoms with E-state index >= 15 is 0 Å². The van der Waals surface area contributed by atoms with Crippen LogP contribution in [0.2, 0.25) is 0 Å². The fraction of sp³-hybridized carbons (Fsp3) is 0.467. The van der Waals surface area contributed by atoms with E-state index in [0.29, 0.717) is 6.54 Å². The molecule has 0 radical (unpaired) electrons. The molecule has 0 aliphatic rings. The number of rotatable bonds is 9. The van der Waals surface area contributed by atoms with Crippen molar-refractivity contribution in [1.29, 1.82) is 0 Å². The Morgan fingerprint density at radius 1 is 1.22 bits per heavy atom. The Bertz CT molecular complexity index is 523. The number of benzene rings is 1. The molecule has 1 aromatic rings. The molecule has 1 amide bonds. The molecule has 128 valence electrons. The first-order valence-corrected chi connectivity index (χ1v) is 6.96. The lowest BCUT2D eigenvalue weighted by Crippen LogP contribution is -2.37. The number of carboxylic acid groups (broad SMARTS) is 1. The van der Waals surface area contributed by atoms with Crippen LogP contribution in [0.1, 0.15) is 12.0 Å². The van der Waals surface area contributed by atoms with Gasteiger partial charge in [-0.15, -0.1) is 0 Å². The quantitative estimate of drug-likeness (QED) is 0.746. The number of halogens is 2. The molecule has 1 rings (SSSR count). The number of hydrogen-bond acceptors (Lipinski definition) is 4. The van der Waals surface area contributed by atoms with Crippen molar-refractivity contribution in [2.24, 2.45) is 0 Å². The number of nitrogens with zero attached hydrogens (tertiary/aromatic N) is 2. The Balaban J connectivity index is 2.46. The van der Waals surface area contributed by atoms with Crippen molar-refractivity contribution in [3.8, 4) is 5.75 Å². The first-order chi connectivity index (χ1) is 10.8. The van der Waals surface area contributed by atoms with Gasteiger partial charge in [0.2, 0.25) is 5.91 Å². The third kappa shape index (κ3) is 7.55. The Morgan fingerprint density at radius 2 is 1.83 bits per heavy atom. The second-order valence-corrected chi connectivity index (χ2v) is 5.15. The number of carbonyl (C=O) groups excluding carboxylic acids is 1. The van der Waals surface area contributed by atoms with Crippen LogP contribution in [-0.4, -0.2) is 60.6 Å². The highest BCUT2D eigenvalue weighted by molar-refractivity contribution is 5.78. The van der Waals surface area contributed by atoms with Crippen molar-refractivity contribution < 1.29 is 28.2 Å². The van der Waals surface area contributed by atoms with Crippen molar-refractivity contribution >= 4 is 11.9 Å². The van der Waals surface area contributed by atoms with Crippen molar-refractivity contribution in [1.82, 2.24) is 9.80 Å². The molecule has 0 saturated heterocycles. The van der Waals surface area contributed by atoms with Gasteiger partial charge < -0.3 is 14.7 Å². The summed E-state index contributed by atoms with van der Waals surface area (Å²) in [6.07, 6.45) is -0.0287. The van der Waals surface area contributed by atoms with E-state index in [1.54, 1.807) is 31.1 Å². The first kappa shape index (κ1) is 18.8. The van der Waals surface area contributed by atoms with Gasteiger partial charge >= 0.3 is 12.6 Å². The maximum absolute atomic E-state index is 12.1. The predicted octanol–water partition coefficient (Wildman–Crippen LogP) is 1.65. The summed E-state index contributed by atoms with van der Waals surface area (Å²) in [6, 6.07) is 6.04. The van der Waals surface area contributed by atoms with Gasteiger partial charge in [-0.05, 0) is 24.7 Å². The van der Waals surface area contributed by atoms with Crippen molar-refractivity contribution in [2.45, 2.75) is 19.6 Å². The van der Waals surface area contributed by atoms with Crippen LogP contribution in [-0.2, 0) is 16.1 Å². The average molecular weight is 330 g/mol. The van der Waals surface area contributed by atoms with Crippen molar-refractivity contribution in [3.05, 3.63) is 29.8 Å². The Hall–Kier alpha value is -2.22. The van der Waals surface area contributed by atoms with Gasteiger partial charge in [-0.25, -0.2) is 0 Å². The third-order valence-electron chi connectivity index (χ3n) is 3.11. The number of amides is 1. The molecule has 1 aromatic carbocycles. The van der Waals surface area contributed by atoms with E-state index < -0.39 is 12.6 Å². The topological polar surface area (TPSA) is 70.1 Å². The van der Waals surface area contributed by atoms with E-state index in [4.69, 9.17) is 5.11 Å². The number of aliphatic carboxylic acids is 1. The van der Waals surface area contributed by atoms with Gasteiger partial charge in [0.05, 0.1) is 13.0 Å². The van der Waals surface area contributed by atoms with E-state index in [1.807, 2.05) is 0 Å². The van der Waals surface area contributed by atoms with Crippen LogP contribution >= 0.6 is 0 Å². The van der Waals surface area contributed by atoms with Crippen molar-refractivity contribution in [3.63, 3.8) is 0 Å². The lowest BCUT2D eigenvalue weighted by Gasteiger charge is -2.21. The number of hydrogen-bond donors (Lipinski definition) is 1. The highest BCUT2D eigenvalue weighted by Gasteiger charge is 2.13. The highest BCUT2D eigenvalue weighted by Crippen LogP contribution is 2.15. The van der Waals surface area contributed by atoms with Gasteiger partial charge in [0.1, 0.15) is 5.75 Å². The SMILES string of the molecule is CN(CCC(=O)O)CC(=O)N(C)Cc1ccc(OC(F)F)cc1. The van der Waals surface area contributed by atoms with Crippen LogP contribution in [0.25, 0.3) is 0 Å². The van der Waals surface area contributed by atoms with Gasteiger partial charge in [-0.2, -0.15) is 8.78 Å². The first-order valence-electron chi connectivity index (χ1n) is 6.96. The molecule has 0 aliphatic heterocycles. The maximum Gasteiger partial charge on any atom is 0.387 e. The van der Waals surface area contributed by atoms with Gasteiger partial charge in [-0.1, -0.05) is 12.1 Å². The summed E-state index contributed by atoms with van der Waals surface area (Å²) in [5, 5.41) is 8.60. The fourth-order valence-corrected chi connectivity index (χ4v) is 1.86. The molecule has 0 saturated carbocycles. The molecule has 0 heterocycles. The van der Waals surface area contributed by atoms with Crippen LogP contribution in [0.4, 0.5) is 8.78 Å². The zero-order valence-electron chi connectivity index (χ0n) is 13.0. The number of ether oxygens (including phenoxy) is 1. The third-order valence-corrected chi connectivity index (χ3v) is 3.11. The van der Waals surface area contributed by atoms with E-state index in [2.05, 4.69) is 4.74 Å². The molecule has 0 unspecified atom stereocenters. The molecule has 1 N–H and O–H groups in total. The lowest BCUT2D eigenvalue weighted by atomic mass is 10.2. The molecule has 0 bridgehead atoms.